The lowest BCUT2D eigenvalue weighted by Gasteiger charge is -2.18. The average Bonchev–Trinajstić information content (AvgIpc) is 2.95. The van der Waals surface area contributed by atoms with Gasteiger partial charge in [0.05, 0.1) is 36.6 Å². The van der Waals surface area contributed by atoms with Gasteiger partial charge in [-0.15, -0.1) is 11.8 Å². The zero-order chi connectivity index (χ0) is 22.3. The average molecular weight is 460 g/mol. The molecule has 1 aliphatic rings. The second-order valence-corrected chi connectivity index (χ2v) is 8.71. The first-order chi connectivity index (χ1) is 14.8. The highest BCUT2D eigenvalue weighted by Crippen LogP contribution is 2.48. The van der Waals surface area contributed by atoms with E-state index in [0.717, 1.165) is 28.1 Å². The van der Waals surface area contributed by atoms with E-state index in [1.807, 2.05) is 32.0 Å². The Hall–Kier alpha value is -2.84. The number of amides is 1. The van der Waals surface area contributed by atoms with Crippen LogP contribution in [0.3, 0.4) is 0 Å². The van der Waals surface area contributed by atoms with Gasteiger partial charge in [-0.25, -0.2) is 4.68 Å². The van der Waals surface area contributed by atoms with Crippen molar-refractivity contribution in [3.05, 3.63) is 57.7 Å². The van der Waals surface area contributed by atoms with Gasteiger partial charge in [-0.3, -0.25) is 4.79 Å². The molecule has 0 spiro atoms. The molecule has 1 aliphatic heterocycles. The van der Waals surface area contributed by atoms with Crippen LogP contribution in [0.2, 0.25) is 5.02 Å². The van der Waals surface area contributed by atoms with E-state index in [1.54, 1.807) is 16.8 Å². The first-order valence-electron chi connectivity index (χ1n) is 9.56. The number of anilines is 1. The van der Waals surface area contributed by atoms with Crippen LogP contribution in [0.5, 0.6) is 17.2 Å². The number of halogens is 1. The topological polar surface area (TPSA) is 85.6 Å². The molecule has 1 aromatic heterocycles. The number of rotatable bonds is 4. The van der Waals surface area contributed by atoms with Crippen LogP contribution in [-0.4, -0.2) is 40.8 Å². The summed E-state index contributed by atoms with van der Waals surface area (Å²) in [6.07, 6.45) is 0. The smallest absolute Gasteiger partial charge is 0.235 e. The van der Waals surface area contributed by atoms with Crippen molar-refractivity contribution in [2.75, 3.05) is 25.3 Å². The zero-order valence-corrected chi connectivity index (χ0v) is 19.1. The molecule has 2 aromatic carbocycles. The highest BCUT2D eigenvalue weighted by molar-refractivity contribution is 8.00. The number of nitrogens with zero attached hydrogens (tertiary/aromatic N) is 2. The molecule has 3 aromatic rings. The number of aromatic nitrogens is 2. The summed E-state index contributed by atoms with van der Waals surface area (Å²) in [6.45, 7) is 3.84. The van der Waals surface area contributed by atoms with Gasteiger partial charge in [0.25, 0.3) is 0 Å². The summed E-state index contributed by atoms with van der Waals surface area (Å²) in [7, 11) is 2.97. The molecule has 0 radical (unpaired) electrons. The molecular formula is C22H22ClN3O4S. The summed E-state index contributed by atoms with van der Waals surface area (Å²) >= 11 is 7.81. The van der Waals surface area contributed by atoms with E-state index in [0.29, 0.717) is 22.3 Å². The number of carbonyl (C=O) groups is 1. The number of hydrogen-bond acceptors (Lipinski definition) is 6. The van der Waals surface area contributed by atoms with Gasteiger partial charge in [0.2, 0.25) is 11.7 Å². The summed E-state index contributed by atoms with van der Waals surface area (Å²) in [5.74, 6) is 1.28. The van der Waals surface area contributed by atoms with Crippen molar-refractivity contribution in [2.24, 2.45) is 0 Å². The summed E-state index contributed by atoms with van der Waals surface area (Å²) in [4.78, 5) is 12.5. The summed E-state index contributed by atoms with van der Waals surface area (Å²) < 4.78 is 12.4. The van der Waals surface area contributed by atoms with Crippen molar-refractivity contribution in [1.29, 1.82) is 0 Å². The predicted octanol–water partition coefficient (Wildman–Crippen LogP) is 4.64. The largest absolute Gasteiger partial charge is 0.502 e. The van der Waals surface area contributed by atoms with Gasteiger partial charge in [-0.1, -0.05) is 17.7 Å². The van der Waals surface area contributed by atoms with Crippen molar-refractivity contribution < 1.29 is 19.4 Å². The fourth-order valence-electron chi connectivity index (χ4n) is 3.61. The van der Waals surface area contributed by atoms with Crippen LogP contribution in [-0.2, 0) is 4.79 Å². The second-order valence-electron chi connectivity index (χ2n) is 7.21. The number of fused-ring (bicyclic) bond motifs is 1. The third-order valence-corrected chi connectivity index (χ3v) is 6.89. The molecule has 0 saturated carbocycles. The fourth-order valence-corrected chi connectivity index (χ4v) is 4.95. The van der Waals surface area contributed by atoms with Gasteiger partial charge in [0.15, 0.2) is 11.5 Å². The molecule has 2 N–H and O–H groups in total. The number of thioether (sulfide) groups is 1. The number of phenols is 1. The molecular weight excluding hydrogens is 438 g/mol. The zero-order valence-electron chi connectivity index (χ0n) is 17.5. The number of phenolic OH excluding ortho intramolecular Hbond substituents is 1. The lowest BCUT2D eigenvalue weighted by molar-refractivity contribution is -0.113. The van der Waals surface area contributed by atoms with E-state index in [2.05, 4.69) is 5.32 Å². The molecule has 0 fully saturated rings. The van der Waals surface area contributed by atoms with Crippen molar-refractivity contribution in [1.82, 2.24) is 9.78 Å². The van der Waals surface area contributed by atoms with Gasteiger partial charge in [0.1, 0.15) is 5.82 Å². The van der Waals surface area contributed by atoms with Crippen LogP contribution in [0, 0.1) is 13.8 Å². The Balaban J connectivity index is 1.91. The lowest BCUT2D eigenvalue weighted by atomic mass is 10.0. The molecule has 0 saturated heterocycles. The predicted molar refractivity (Wildman–Crippen MR) is 122 cm³/mol. The number of aromatic hydroxyl groups is 1. The van der Waals surface area contributed by atoms with E-state index in [9.17, 15) is 9.90 Å². The number of aryl methyl sites for hydroxylation is 2. The van der Waals surface area contributed by atoms with E-state index >= 15 is 0 Å². The number of benzene rings is 2. The van der Waals surface area contributed by atoms with Gasteiger partial charge in [-0.05, 0) is 49.2 Å². The van der Waals surface area contributed by atoms with Gasteiger partial charge in [-0.2, -0.15) is 5.10 Å². The van der Waals surface area contributed by atoms with Gasteiger partial charge < -0.3 is 19.9 Å². The Morgan fingerprint density at radius 2 is 1.87 bits per heavy atom. The van der Waals surface area contributed by atoms with Crippen molar-refractivity contribution >= 4 is 35.1 Å². The molecule has 1 amide bonds. The Labute approximate surface area is 189 Å². The number of hydrogen-bond donors (Lipinski definition) is 2. The normalized spacial score (nSPS) is 15.8. The fraction of sp³-hybridized carbons (Fsp3) is 0.273. The molecule has 0 bridgehead atoms. The first-order valence-corrected chi connectivity index (χ1v) is 11.0. The lowest BCUT2D eigenvalue weighted by Crippen LogP contribution is -2.15. The third-order valence-electron chi connectivity index (χ3n) is 5.21. The second kappa shape index (κ2) is 8.36. The monoisotopic (exact) mass is 459 g/mol. The Bertz CT molecular complexity index is 1150. The first kappa shape index (κ1) is 21.4. The molecule has 162 valence electrons. The number of ether oxygens (including phenoxy) is 2. The summed E-state index contributed by atoms with van der Waals surface area (Å²) in [5, 5.41) is 18.4. The maximum atomic E-state index is 12.5. The van der Waals surface area contributed by atoms with Crippen LogP contribution < -0.4 is 14.8 Å². The van der Waals surface area contributed by atoms with E-state index < -0.39 is 0 Å². The molecule has 0 aliphatic carbocycles. The van der Waals surface area contributed by atoms with Gasteiger partial charge in [0, 0.05) is 10.6 Å². The molecule has 31 heavy (non-hydrogen) atoms. The SMILES string of the molecule is COc1cc([C@@H]2SCC(=O)Nc3c2c(C)nn3-c2ccc(C)c(Cl)c2)cc(OC)c1O. The quantitative estimate of drug-likeness (QED) is 0.591. The van der Waals surface area contributed by atoms with Crippen molar-refractivity contribution in [3.63, 3.8) is 0 Å². The molecule has 9 heteroatoms. The number of carbonyl (C=O) groups excluding carboxylic acids is 1. The standard InChI is InChI=1S/C22H22ClN3O4S/c1-11-5-6-14(9-15(11)23)26-22-19(12(2)25-26)21(31-10-18(27)24-22)13-7-16(29-3)20(28)17(8-13)30-4/h5-9,21,28H,10H2,1-4H3,(H,24,27)/t21-/m0/s1. The summed E-state index contributed by atoms with van der Waals surface area (Å²) in [6, 6.07) is 9.18. The van der Waals surface area contributed by atoms with E-state index in [-0.39, 0.29) is 22.7 Å². The third kappa shape index (κ3) is 3.81. The maximum absolute atomic E-state index is 12.5. The molecule has 0 unspecified atom stereocenters. The maximum Gasteiger partial charge on any atom is 0.235 e. The van der Waals surface area contributed by atoms with Crippen LogP contribution in [0.4, 0.5) is 5.82 Å². The number of nitrogens with one attached hydrogen (secondary N) is 1. The highest BCUT2D eigenvalue weighted by atomic mass is 35.5. The highest BCUT2D eigenvalue weighted by Gasteiger charge is 2.32. The van der Waals surface area contributed by atoms with Crippen LogP contribution in [0.25, 0.3) is 5.69 Å². The Morgan fingerprint density at radius 1 is 1.19 bits per heavy atom. The van der Waals surface area contributed by atoms with E-state index in [4.69, 9.17) is 26.2 Å². The minimum atomic E-state index is -0.230. The molecule has 1 atom stereocenters. The molecule has 2 heterocycles. The van der Waals surface area contributed by atoms with Gasteiger partial charge >= 0.3 is 0 Å². The Morgan fingerprint density at radius 3 is 2.48 bits per heavy atom. The summed E-state index contributed by atoms with van der Waals surface area (Å²) in [5.41, 5.74) is 4.20. The van der Waals surface area contributed by atoms with Crippen molar-refractivity contribution in [3.8, 4) is 22.9 Å². The van der Waals surface area contributed by atoms with Crippen LogP contribution in [0.1, 0.15) is 27.6 Å². The minimum Gasteiger partial charge on any atom is -0.502 e. The van der Waals surface area contributed by atoms with Crippen molar-refractivity contribution in [2.45, 2.75) is 19.1 Å². The Kier molecular flexibility index (Phi) is 5.77. The minimum absolute atomic E-state index is 0.0662. The molecule has 7 nitrogen and oxygen atoms in total. The molecule has 4 rings (SSSR count). The number of methoxy groups -OCH3 is 2. The van der Waals surface area contributed by atoms with E-state index in [1.165, 1.54) is 26.0 Å². The van der Waals surface area contributed by atoms with Crippen LogP contribution >= 0.6 is 23.4 Å². The van der Waals surface area contributed by atoms with Crippen LogP contribution in [0.15, 0.2) is 30.3 Å².